The van der Waals surface area contributed by atoms with Gasteiger partial charge in [-0.05, 0) is 18.6 Å². The van der Waals surface area contributed by atoms with E-state index in [1.807, 2.05) is 31.2 Å². The zero-order chi connectivity index (χ0) is 9.97. The molecule has 2 aromatic rings. The number of aliphatic hydroxyl groups is 1. The Balaban J connectivity index is 2.54. The Kier molecular flexibility index (Phi) is 2.28. The van der Waals surface area contributed by atoms with E-state index in [1.54, 1.807) is 10.9 Å². The largest absolute Gasteiger partial charge is 0.388 e. The van der Waals surface area contributed by atoms with E-state index >= 15 is 0 Å². The van der Waals surface area contributed by atoms with E-state index in [0.717, 1.165) is 11.3 Å². The lowest BCUT2D eigenvalue weighted by Gasteiger charge is -2.07. The number of benzene rings is 1. The van der Waals surface area contributed by atoms with Crippen LogP contribution in [0.3, 0.4) is 0 Å². The Bertz CT molecular complexity index is 436. The Hall–Kier alpha value is -1.68. The Morgan fingerprint density at radius 3 is 2.86 bits per heavy atom. The lowest BCUT2D eigenvalue weighted by Crippen LogP contribution is -2.01. The summed E-state index contributed by atoms with van der Waals surface area (Å²) >= 11 is 0. The minimum atomic E-state index is -0.103. The van der Waals surface area contributed by atoms with E-state index in [0.29, 0.717) is 5.82 Å². The monoisotopic (exact) mass is 189 g/mol. The van der Waals surface area contributed by atoms with Gasteiger partial charge in [-0.2, -0.15) is 0 Å². The third-order valence-corrected chi connectivity index (χ3v) is 2.13. The van der Waals surface area contributed by atoms with Crippen molar-refractivity contribution in [2.45, 2.75) is 13.5 Å². The van der Waals surface area contributed by atoms with E-state index in [2.05, 4.69) is 10.2 Å². The summed E-state index contributed by atoms with van der Waals surface area (Å²) in [6.45, 7) is 1.91. The summed E-state index contributed by atoms with van der Waals surface area (Å²) in [4.78, 5) is 0. The first-order valence-electron chi connectivity index (χ1n) is 4.38. The molecule has 0 saturated heterocycles. The number of aromatic nitrogens is 3. The van der Waals surface area contributed by atoms with Gasteiger partial charge >= 0.3 is 0 Å². The van der Waals surface area contributed by atoms with E-state index in [9.17, 15) is 0 Å². The standard InChI is InChI=1S/C10H11N3O/c1-8-4-2-3-5-9(8)13-7-11-12-10(13)6-14/h2-5,7,14H,6H2,1H3. The van der Waals surface area contributed by atoms with Gasteiger partial charge in [-0.25, -0.2) is 0 Å². The van der Waals surface area contributed by atoms with Crippen molar-refractivity contribution in [3.8, 4) is 5.69 Å². The average Bonchev–Trinajstić information content (AvgIpc) is 2.66. The number of aryl methyl sites for hydroxylation is 1. The number of hydrogen-bond acceptors (Lipinski definition) is 3. The molecule has 0 unspecified atom stereocenters. The Morgan fingerprint density at radius 2 is 2.14 bits per heavy atom. The molecule has 0 fully saturated rings. The van der Waals surface area contributed by atoms with E-state index < -0.39 is 0 Å². The van der Waals surface area contributed by atoms with Crippen LogP contribution in [0, 0.1) is 6.92 Å². The second-order valence-corrected chi connectivity index (χ2v) is 3.06. The fourth-order valence-electron chi connectivity index (χ4n) is 1.40. The van der Waals surface area contributed by atoms with Crippen molar-refractivity contribution in [2.75, 3.05) is 0 Å². The molecule has 0 aliphatic carbocycles. The Labute approximate surface area is 81.8 Å². The topological polar surface area (TPSA) is 50.9 Å². The van der Waals surface area contributed by atoms with Gasteiger partial charge in [0.2, 0.25) is 0 Å². The molecule has 0 aliphatic heterocycles. The van der Waals surface area contributed by atoms with Crippen molar-refractivity contribution in [1.29, 1.82) is 0 Å². The first kappa shape index (κ1) is 8.90. The SMILES string of the molecule is Cc1ccccc1-n1cnnc1CO. The van der Waals surface area contributed by atoms with Gasteiger partial charge in [0.05, 0.1) is 5.69 Å². The fourth-order valence-corrected chi connectivity index (χ4v) is 1.40. The van der Waals surface area contributed by atoms with Crippen molar-refractivity contribution in [3.05, 3.63) is 42.0 Å². The van der Waals surface area contributed by atoms with Gasteiger partial charge in [-0.1, -0.05) is 18.2 Å². The summed E-state index contributed by atoms with van der Waals surface area (Å²) in [5, 5.41) is 16.6. The van der Waals surface area contributed by atoms with Crippen molar-refractivity contribution in [2.24, 2.45) is 0 Å². The zero-order valence-corrected chi connectivity index (χ0v) is 7.88. The molecule has 1 N–H and O–H groups in total. The number of para-hydroxylation sites is 1. The van der Waals surface area contributed by atoms with Crippen molar-refractivity contribution < 1.29 is 5.11 Å². The fraction of sp³-hybridized carbons (Fsp3) is 0.200. The molecular weight excluding hydrogens is 178 g/mol. The number of rotatable bonds is 2. The predicted molar refractivity (Wildman–Crippen MR) is 52.0 cm³/mol. The lowest BCUT2D eigenvalue weighted by molar-refractivity contribution is 0.269. The predicted octanol–water partition coefficient (Wildman–Crippen LogP) is 1.07. The molecule has 0 saturated carbocycles. The van der Waals surface area contributed by atoms with E-state index in [-0.39, 0.29) is 6.61 Å². The van der Waals surface area contributed by atoms with Gasteiger partial charge in [0, 0.05) is 0 Å². The van der Waals surface area contributed by atoms with Crippen LogP contribution in [0.15, 0.2) is 30.6 Å². The summed E-state index contributed by atoms with van der Waals surface area (Å²) in [6, 6.07) is 7.90. The van der Waals surface area contributed by atoms with Crippen molar-refractivity contribution >= 4 is 0 Å². The van der Waals surface area contributed by atoms with Crippen LogP contribution in [0.2, 0.25) is 0 Å². The molecule has 1 heterocycles. The van der Waals surface area contributed by atoms with Gasteiger partial charge in [0.25, 0.3) is 0 Å². The van der Waals surface area contributed by atoms with Crippen LogP contribution in [0.4, 0.5) is 0 Å². The van der Waals surface area contributed by atoms with Gasteiger partial charge < -0.3 is 5.11 Å². The summed E-state index contributed by atoms with van der Waals surface area (Å²) < 4.78 is 1.79. The average molecular weight is 189 g/mol. The maximum Gasteiger partial charge on any atom is 0.163 e. The van der Waals surface area contributed by atoms with Gasteiger partial charge in [-0.15, -0.1) is 10.2 Å². The highest BCUT2D eigenvalue weighted by Crippen LogP contribution is 2.14. The molecule has 72 valence electrons. The maximum absolute atomic E-state index is 9.04. The van der Waals surface area contributed by atoms with Crippen molar-refractivity contribution in [1.82, 2.24) is 14.8 Å². The highest BCUT2D eigenvalue weighted by atomic mass is 16.3. The summed E-state index contributed by atoms with van der Waals surface area (Å²) in [7, 11) is 0. The third-order valence-electron chi connectivity index (χ3n) is 2.13. The van der Waals surface area contributed by atoms with Gasteiger partial charge in [0.15, 0.2) is 5.82 Å². The van der Waals surface area contributed by atoms with Crippen molar-refractivity contribution in [3.63, 3.8) is 0 Å². The first-order valence-corrected chi connectivity index (χ1v) is 4.38. The molecule has 1 aromatic carbocycles. The first-order chi connectivity index (χ1) is 6.83. The quantitative estimate of drug-likeness (QED) is 0.768. The molecule has 4 heteroatoms. The van der Waals surface area contributed by atoms with E-state index in [1.165, 1.54) is 0 Å². The summed E-state index contributed by atoms with van der Waals surface area (Å²) in [5.74, 6) is 0.555. The van der Waals surface area contributed by atoms with E-state index in [4.69, 9.17) is 5.11 Å². The number of hydrogen-bond donors (Lipinski definition) is 1. The molecule has 0 amide bonds. The molecule has 14 heavy (non-hydrogen) atoms. The Morgan fingerprint density at radius 1 is 1.36 bits per heavy atom. The number of nitrogens with zero attached hydrogens (tertiary/aromatic N) is 3. The third kappa shape index (κ3) is 1.40. The zero-order valence-electron chi connectivity index (χ0n) is 7.88. The van der Waals surface area contributed by atoms with Gasteiger partial charge in [-0.3, -0.25) is 4.57 Å². The normalized spacial score (nSPS) is 10.4. The van der Waals surface area contributed by atoms with Crippen LogP contribution in [-0.4, -0.2) is 19.9 Å². The second kappa shape index (κ2) is 3.59. The van der Waals surface area contributed by atoms with Crippen LogP contribution >= 0.6 is 0 Å². The molecule has 0 atom stereocenters. The van der Waals surface area contributed by atoms with Crippen LogP contribution in [-0.2, 0) is 6.61 Å². The smallest absolute Gasteiger partial charge is 0.163 e. The molecule has 0 spiro atoms. The highest BCUT2D eigenvalue weighted by Gasteiger charge is 2.05. The summed E-state index contributed by atoms with van der Waals surface area (Å²) in [6.07, 6.45) is 1.61. The van der Waals surface area contributed by atoms with Gasteiger partial charge in [0.1, 0.15) is 12.9 Å². The molecule has 1 aromatic heterocycles. The molecular formula is C10H11N3O. The lowest BCUT2D eigenvalue weighted by atomic mass is 10.2. The minimum absolute atomic E-state index is 0.103. The second-order valence-electron chi connectivity index (χ2n) is 3.06. The maximum atomic E-state index is 9.04. The molecule has 0 bridgehead atoms. The highest BCUT2D eigenvalue weighted by molar-refractivity contribution is 5.40. The van der Waals surface area contributed by atoms with Crippen LogP contribution in [0.5, 0.6) is 0 Å². The molecule has 0 radical (unpaired) electrons. The minimum Gasteiger partial charge on any atom is -0.388 e. The van der Waals surface area contributed by atoms with Crippen LogP contribution in [0.1, 0.15) is 11.4 Å². The van der Waals surface area contributed by atoms with Crippen LogP contribution in [0.25, 0.3) is 5.69 Å². The molecule has 0 aliphatic rings. The van der Waals surface area contributed by atoms with Crippen LogP contribution < -0.4 is 0 Å². The molecule has 2 rings (SSSR count). The summed E-state index contributed by atoms with van der Waals surface area (Å²) in [5.41, 5.74) is 2.13. The number of aliphatic hydroxyl groups excluding tert-OH is 1. The molecule has 4 nitrogen and oxygen atoms in total.